The summed E-state index contributed by atoms with van der Waals surface area (Å²) in [5.74, 6) is 0.0651. The third kappa shape index (κ3) is 4.12. The highest BCUT2D eigenvalue weighted by atomic mass is 32.1. The number of rotatable bonds is 7. The topological polar surface area (TPSA) is 54.5 Å². The monoisotopic (exact) mass is 271 g/mol. The molecule has 0 saturated carbocycles. The number of likely N-dealkylation sites (tertiary alicyclic amines) is 1. The average Bonchev–Trinajstić information content (AvgIpc) is 2.54. The van der Waals surface area contributed by atoms with Crippen LogP contribution in [0.5, 0.6) is 0 Å². The third-order valence-electron chi connectivity index (χ3n) is 3.17. The Labute approximate surface area is 114 Å². The Balaban J connectivity index is 2.17. The van der Waals surface area contributed by atoms with Crippen molar-refractivity contribution in [2.75, 3.05) is 6.54 Å². The maximum absolute atomic E-state index is 11.6. The van der Waals surface area contributed by atoms with Gasteiger partial charge >= 0.3 is 0 Å². The molecule has 4 nitrogen and oxygen atoms in total. The quantitative estimate of drug-likeness (QED) is 0.436. The normalized spacial score (nSPS) is 20.0. The maximum Gasteiger partial charge on any atom is 0.242 e. The minimum absolute atomic E-state index is 0.0941. The average molecular weight is 271 g/mol. The summed E-state index contributed by atoms with van der Waals surface area (Å²) >= 11 is 4.06. The number of thiol groups is 1. The number of unbranched alkanes of at least 4 members (excludes halogenated alkanes) is 2. The number of ketones is 1. The first-order chi connectivity index (χ1) is 8.43. The number of imide groups is 1. The molecule has 1 saturated heterocycles. The molecule has 1 rings (SSSR count). The van der Waals surface area contributed by atoms with Crippen molar-refractivity contribution in [3.05, 3.63) is 0 Å². The molecule has 0 aromatic heterocycles. The van der Waals surface area contributed by atoms with Crippen LogP contribution in [0.4, 0.5) is 0 Å². The Morgan fingerprint density at radius 3 is 2.50 bits per heavy atom. The molecule has 1 unspecified atom stereocenters. The molecule has 1 aliphatic rings. The molecule has 1 aliphatic heterocycles. The molecule has 0 aromatic carbocycles. The Morgan fingerprint density at radius 2 is 2.00 bits per heavy atom. The van der Waals surface area contributed by atoms with Gasteiger partial charge in [0.05, 0.1) is 5.25 Å². The van der Waals surface area contributed by atoms with E-state index in [9.17, 15) is 14.4 Å². The van der Waals surface area contributed by atoms with Gasteiger partial charge in [0, 0.05) is 25.3 Å². The van der Waals surface area contributed by atoms with E-state index in [4.69, 9.17) is 0 Å². The summed E-state index contributed by atoms with van der Waals surface area (Å²) in [6, 6.07) is 0. The predicted molar refractivity (Wildman–Crippen MR) is 72.4 cm³/mol. The van der Waals surface area contributed by atoms with Crippen LogP contribution in [0.25, 0.3) is 0 Å². The van der Waals surface area contributed by atoms with Gasteiger partial charge in [-0.25, -0.2) is 0 Å². The van der Waals surface area contributed by atoms with Gasteiger partial charge in [-0.15, -0.1) is 0 Å². The van der Waals surface area contributed by atoms with Crippen molar-refractivity contribution in [1.82, 2.24) is 4.90 Å². The molecule has 1 fully saturated rings. The zero-order valence-electron chi connectivity index (χ0n) is 11.0. The summed E-state index contributed by atoms with van der Waals surface area (Å²) in [5, 5.41) is -0.458. The van der Waals surface area contributed by atoms with Gasteiger partial charge in [0.1, 0.15) is 5.78 Å². The Morgan fingerprint density at radius 1 is 1.33 bits per heavy atom. The molecule has 0 spiro atoms. The first-order valence-electron chi connectivity index (χ1n) is 6.48. The molecular formula is C13H21NO3S. The minimum Gasteiger partial charge on any atom is -0.299 e. The zero-order chi connectivity index (χ0) is 13.7. The molecular weight excluding hydrogens is 250 g/mol. The lowest BCUT2D eigenvalue weighted by Gasteiger charge is -2.13. The molecule has 1 heterocycles. The van der Waals surface area contributed by atoms with Gasteiger partial charge in [0.2, 0.25) is 11.8 Å². The number of amides is 2. The number of Topliss-reactive ketones (excluding diaryl/α,β-unsaturated/α-hetero) is 1. The van der Waals surface area contributed by atoms with E-state index >= 15 is 0 Å². The summed E-state index contributed by atoms with van der Waals surface area (Å²) in [5.41, 5.74) is 0. The van der Waals surface area contributed by atoms with E-state index in [1.807, 2.05) is 13.8 Å². The highest BCUT2D eigenvalue weighted by Gasteiger charge is 2.35. The zero-order valence-corrected chi connectivity index (χ0v) is 11.9. The lowest BCUT2D eigenvalue weighted by molar-refractivity contribution is -0.138. The molecule has 0 bridgehead atoms. The van der Waals surface area contributed by atoms with Crippen LogP contribution in [0.15, 0.2) is 0 Å². The smallest absolute Gasteiger partial charge is 0.242 e. The SMILES string of the molecule is CC(C)C(=O)CCCCCN1C(=O)CC(S)C1=O. The van der Waals surface area contributed by atoms with E-state index in [-0.39, 0.29) is 29.9 Å². The summed E-state index contributed by atoms with van der Waals surface area (Å²) in [7, 11) is 0. The Bertz CT molecular complexity index is 341. The van der Waals surface area contributed by atoms with Crippen LogP contribution in [0.3, 0.4) is 0 Å². The van der Waals surface area contributed by atoms with Crippen LogP contribution in [-0.4, -0.2) is 34.3 Å². The molecule has 0 aromatic rings. The minimum atomic E-state index is -0.458. The fraction of sp³-hybridized carbons (Fsp3) is 0.769. The van der Waals surface area contributed by atoms with Gasteiger partial charge in [0.25, 0.3) is 0 Å². The van der Waals surface area contributed by atoms with Crippen molar-refractivity contribution < 1.29 is 14.4 Å². The molecule has 5 heteroatoms. The first-order valence-corrected chi connectivity index (χ1v) is 7.00. The summed E-state index contributed by atoms with van der Waals surface area (Å²) in [6.07, 6.45) is 3.27. The van der Waals surface area contributed by atoms with Gasteiger partial charge in [-0.05, 0) is 12.8 Å². The van der Waals surface area contributed by atoms with Crippen LogP contribution >= 0.6 is 12.6 Å². The van der Waals surface area contributed by atoms with E-state index in [2.05, 4.69) is 12.6 Å². The second-order valence-electron chi connectivity index (χ2n) is 5.04. The van der Waals surface area contributed by atoms with Gasteiger partial charge in [-0.2, -0.15) is 12.6 Å². The molecule has 2 amide bonds. The van der Waals surface area contributed by atoms with Crippen LogP contribution < -0.4 is 0 Å². The second-order valence-corrected chi connectivity index (χ2v) is 5.66. The highest BCUT2D eigenvalue weighted by molar-refractivity contribution is 7.81. The van der Waals surface area contributed by atoms with Crippen molar-refractivity contribution >= 4 is 30.2 Å². The van der Waals surface area contributed by atoms with Crippen LogP contribution in [0.1, 0.15) is 46.0 Å². The van der Waals surface area contributed by atoms with E-state index in [0.29, 0.717) is 13.0 Å². The number of hydrogen-bond donors (Lipinski definition) is 1. The summed E-state index contributed by atoms with van der Waals surface area (Å²) < 4.78 is 0. The van der Waals surface area contributed by atoms with Crippen LogP contribution in [0.2, 0.25) is 0 Å². The molecule has 102 valence electrons. The Kier molecular flexibility index (Phi) is 5.85. The number of hydrogen-bond acceptors (Lipinski definition) is 4. The standard InChI is InChI=1S/C13H21NO3S/c1-9(2)10(15)6-4-3-5-7-14-12(16)8-11(18)13(14)17/h9,11,18H,3-8H2,1-2H3. The van der Waals surface area contributed by atoms with Crippen molar-refractivity contribution in [2.24, 2.45) is 5.92 Å². The second kappa shape index (κ2) is 6.92. The maximum atomic E-state index is 11.6. The van der Waals surface area contributed by atoms with Crippen molar-refractivity contribution in [1.29, 1.82) is 0 Å². The van der Waals surface area contributed by atoms with Gasteiger partial charge in [-0.3, -0.25) is 19.3 Å². The fourth-order valence-electron chi connectivity index (χ4n) is 1.94. The summed E-state index contributed by atoms with van der Waals surface area (Å²) in [6.45, 7) is 4.26. The largest absolute Gasteiger partial charge is 0.299 e. The van der Waals surface area contributed by atoms with Crippen LogP contribution in [-0.2, 0) is 14.4 Å². The van der Waals surface area contributed by atoms with E-state index in [0.717, 1.165) is 19.3 Å². The molecule has 0 aliphatic carbocycles. The van der Waals surface area contributed by atoms with E-state index < -0.39 is 5.25 Å². The van der Waals surface area contributed by atoms with Crippen molar-refractivity contribution in [3.8, 4) is 0 Å². The highest BCUT2D eigenvalue weighted by Crippen LogP contribution is 2.18. The number of nitrogens with zero attached hydrogens (tertiary/aromatic N) is 1. The Hall–Kier alpha value is -0.840. The van der Waals surface area contributed by atoms with Gasteiger partial charge in [-0.1, -0.05) is 20.3 Å². The van der Waals surface area contributed by atoms with Crippen molar-refractivity contribution in [2.45, 2.75) is 51.2 Å². The lowest BCUT2D eigenvalue weighted by atomic mass is 10.0. The molecule has 0 radical (unpaired) electrons. The first kappa shape index (κ1) is 15.2. The lowest BCUT2D eigenvalue weighted by Crippen LogP contribution is -2.31. The summed E-state index contributed by atoms with van der Waals surface area (Å²) in [4.78, 5) is 35.7. The molecule has 1 atom stereocenters. The molecule has 0 N–H and O–H groups in total. The predicted octanol–water partition coefficient (Wildman–Crippen LogP) is 1.83. The van der Waals surface area contributed by atoms with E-state index in [1.54, 1.807) is 0 Å². The van der Waals surface area contributed by atoms with Gasteiger partial charge < -0.3 is 0 Å². The molecule has 18 heavy (non-hydrogen) atoms. The van der Waals surface area contributed by atoms with Crippen molar-refractivity contribution in [3.63, 3.8) is 0 Å². The number of carbonyl (C=O) groups is 3. The van der Waals surface area contributed by atoms with Crippen LogP contribution in [0, 0.1) is 5.92 Å². The number of carbonyl (C=O) groups excluding carboxylic acids is 3. The van der Waals surface area contributed by atoms with E-state index in [1.165, 1.54) is 4.90 Å². The fourth-order valence-corrected chi connectivity index (χ4v) is 2.23. The van der Waals surface area contributed by atoms with Gasteiger partial charge in [0.15, 0.2) is 0 Å². The third-order valence-corrected chi connectivity index (χ3v) is 3.57.